The van der Waals surface area contributed by atoms with Crippen LogP contribution in [0.3, 0.4) is 0 Å². The third-order valence-electron chi connectivity index (χ3n) is 3.99. The Morgan fingerprint density at radius 1 is 1.04 bits per heavy atom. The molecule has 0 aliphatic carbocycles. The Morgan fingerprint density at radius 2 is 1.89 bits per heavy atom. The molecule has 0 unspecified atom stereocenters. The molecule has 0 amide bonds. The highest BCUT2D eigenvalue weighted by atomic mass is 32.2. The second-order valence-corrected chi connectivity index (χ2v) is 8.89. The van der Waals surface area contributed by atoms with Gasteiger partial charge < -0.3 is 4.74 Å². The van der Waals surface area contributed by atoms with Gasteiger partial charge in [0, 0.05) is 5.56 Å². The Hall–Kier alpha value is -2.49. The topological polar surface area (TPSA) is 65.2 Å². The second kappa shape index (κ2) is 6.91. The normalized spacial score (nSPS) is 11.4. The van der Waals surface area contributed by atoms with Crippen molar-refractivity contribution in [3.8, 4) is 16.3 Å². The molecule has 0 aliphatic heterocycles. The molecule has 3 heterocycles. The highest BCUT2D eigenvalue weighted by Gasteiger charge is 2.14. The van der Waals surface area contributed by atoms with Crippen LogP contribution in [-0.4, -0.2) is 31.9 Å². The summed E-state index contributed by atoms with van der Waals surface area (Å²) in [6, 6.07) is 16.0. The molecule has 0 radical (unpaired) electrons. The van der Waals surface area contributed by atoms with E-state index in [4.69, 9.17) is 9.84 Å². The maximum absolute atomic E-state index is 5.21. The number of nitrogens with zero attached hydrogens (tertiary/aromatic N) is 5. The van der Waals surface area contributed by atoms with Crippen molar-refractivity contribution >= 4 is 49.6 Å². The molecule has 0 fully saturated rings. The highest BCUT2D eigenvalue weighted by molar-refractivity contribution is 8.00. The van der Waals surface area contributed by atoms with E-state index in [0.717, 1.165) is 37.0 Å². The van der Waals surface area contributed by atoms with Crippen LogP contribution in [0, 0.1) is 0 Å². The van der Waals surface area contributed by atoms with Crippen LogP contribution in [0.15, 0.2) is 52.9 Å². The number of rotatable bonds is 5. The summed E-state index contributed by atoms with van der Waals surface area (Å²) in [7, 11) is 1.66. The maximum atomic E-state index is 5.21. The number of hydrogen-bond donors (Lipinski definition) is 0. The number of methoxy groups -OCH3 is 1. The summed E-state index contributed by atoms with van der Waals surface area (Å²) in [5, 5.41) is 14.2. The summed E-state index contributed by atoms with van der Waals surface area (Å²) in [6.07, 6.45) is 0. The van der Waals surface area contributed by atoms with Gasteiger partial charge in [-0.2, -0.15) is 9.61 Å². The van der Waals surface area contributed by atoms with E-state index in [0.29, 0.717) is 5.75 Å². The van der Waals surface area contributed by atoms with Crippen LogP contribution in [-0.2, 0) is 5.75 Å². The molecule has 9 heteroatoms. The lowest BCUT2D eigenvalue weighted by molar-refractivity contribution is 0.415. The van der Waals surface area contributed by atoms with Gasteiger partial charge in [-0.3, -0.25) is 0 Å². The first-order chi connectivity index (χ1) is 13.3. The van der Waals surface area contributed by atoms with Gasteiger partial charge in [-0.1, -0.05) is 35.2 Å². The van der Waals surface area contributed by atoms with Crippen molar-refractivity contribution in [2.45, 2.75) is 10.1 Å². The van der Waals surface area contributed by atoms with E-state index in [1.807, 2.05) is 47.0 Å². The molecule has 3 aromatic heterocycles. The minimum atomic E-state index is 0.673. The van der Waals surface area contributed by atoms with E-state index in [2.05, 4.69) is 21.2 Å². The summed E-state index contributed by atoms with van der Waals surface area (Å²) in [5.74, 6) is 2.33. The molecule has 0 saturated heterocycles. The number of hydrogen-bond acceptors (Lipinski definition) is 8. The van der Waals surface area contributed by atoms with Gasteiger partial charge in [0.1, 0.15) is 10.8 Å². The van der Waals surface area contributed by atoms with Crippen LogP contribution in [0.1, 0.15) is 5.82 Å². The molecule has 6 nitrogen and oxygen atoms in total. The van der Waals surface area contributed by atoms with E-state index >= 15 is 0 Å². The molecule has 2 aromatic carbocycles. The number of aromatic nitrogens is 5. The molecule has 0 saturated carbocycles. The molecule has 0 aliphatic rings. The highest BCUT2D eigenvalue weighted by Crippen LogP contribution is 2.32. The first-order valence-electron chi connectivity index (χ1n) is 8.14. The van der Waals surface area contributed by atoms with Crippen molar-refractivity contribution in [2.75, 3.05) is 7.11 Å². The third kappa shape index (κ3) is 3.18. The molecule has 5 aromatic rings. The van der Waals surface area contributed by atoms with Gasteiger partial charge in [-0.05, 0) is 36.4 Å². The molecule has 134 valence electrons. The Bertz CT molecular complexity index is 1190. The lowest BCUT2D eigenvalue weighted by Crippen LogP contribution is -1.94. The van der Waals surface area contributed by atoms with Gasteiger partial charge in [0.15, 0.2) is 10.2 Å². The fourth-order valence-corrected chi connectivity index (χ4v) is 5.47. The van der Waals surface area contributed by atoms with Crippen molar-refractivity contribution in [1.82, 2.24) is 24.8 Å². The van der Waals surface area contributed by atoms with Crippen molar-refractivity contribution < 1.29 is 4.74 Å². The fraction of sp³-hybridized carbons (Fsp3) is 0.111. The largest absolute Gasteiger partial charge is 0.497 e. The van der Waals surface area contributed by atoms with E-state index in [1.165, 1.54) is 16.0 Å². The van der Waals surface area contributed by atoms with Gasteiger partial charge in [0.05, 0.1) is 23.1 Å². The predicted molar refractivity (Wildman–Crippen MR) is 110 cm³/mol. The first kappa shape index (κ1) is 16.7. The van der Waals surface area contributed by atoms with Crippen LogP contribution in [0.2, 0.25) is 0 Å². The van der Waals surface area contributed by atoms with Crippen LogP contribution in [0.5, 0.6) is 5.75 Å². The summed E-state index contributed by atoms with van der Waals surface area (Å²) in [6.45, 7) is 0. The summed E-state index contributed by atoms with van der Waals surface area (Å²) < 4.78 is 9.26. The van der Waals surface area contributed by atoms with E-state index in [9.17, 15) is 0 Å². The molecular formula is C18H13N5OS3. The molecular weight excluding hydrogens is 398 g/mol. The molecule has 0 bridgehead atoms. The number of thiazole rings is 1. The van der Waals surface area contributed by atoms with Gasteiger partial charge >= 0.3 is 0 Å². The fourth-order valence-electron chi connectivity index (χ4n) is 2.64. The minimum absolute atomic E-state index is 0.673. The standard InChI is InChI=1S/C18H13N5OS3/c1-24-12-8-6-11(7-9-12)16-22-23-15(20-21-17(23)27-16)10-25-18-19-13-4-2-3-5-14(13)26-18/h2-9H,10H2,1H3. The second-order valence-electron chi connectivity index (χ2n) is 5.68. The SMILES string of the molecule is COc1ccc(-c2nn3c(CSc4nc5ccccc5s4)nnc3s2)cc1. The molecule has 0 N–H and O–H groups in total. The molecule has 27 heavy (non-hydrogen) atoms. The van der Waals surface area contributed by atoms with E-state index < -0.39 is 0 Å². The van der Waals surface area contributed by atoms with Crippen molar-refractivity contribution in [3.05, 3.63) is 54.4 Å². The lowest BCUT2D eigenvalue weighted by Gasteiger charge is -1.99. The monoisotopic (exact) mass is 411 g/mol. The number of benzene rings is 2. The van der Waals surface area contributed by atoms with Crippen molar-refractivity contribution in [3.63, 3.8) is 0 Å². The zero-order chi connectivity index (χ0) is 18.2. The number of para-hydroxylation sites is 1. The Balaban J connectivity index is 1.39. The third-order valence-corrected chi connectivity index (χ3v) is 7.11. The van der Waals surface area contributed by atoms with Crippen LogP contribution in [0.25, 0.3) is 25.7 Å². The smallest absolute Gasteiger partial charge is 0.235 e. The van der Waals surface area contributed by atoms with Crippen LogP contribution >= 0.6 is 34.4 Å². The summed E-state index contributed by atoms with van der Waals surface area (Å²) in [4.78, 5) is 5.45. The number of ether oxygens (including phenoxy) is 1. The zero-order valence-corrected chi connectivity index (χ0v) is 16.6. The van der Waals surface area contributed by atoms with Crippen LogP contribution in [0.4, 0.5) is 0 Å². The predicted octanol–water partition coefficient (Wildman–Crippen LogP) is 4.76. The zero-order valence-electron chi connectivity index (χ0n) is 14.2. The molecule has 5 rings (SSSR count). The van der Waals surface area contributed by atoms with Gasteiger partial charge in [-0.15, -0.1) is 21.5 Å². The Morgan fingerprint density at radius 3 is 2.70 bits per heavy atom. The first-order valence-corrected chi connectivity index (χ1v) is 10.8. The Kier molecular flexibility index (Phi) is 4.27. The number of fused-ring (bicyclic) bond motifs is 2. The number of thioether (sulfide) groups is 1. The average Bonchev–Trinajstić information content (AvgIpc) is 3.40. The summed E-state index contributed by atoms with van der Waals surface area (Å²) >= 11 is 4.88. The Labute approximate surface area is 166 Å². The molecule has 0 spiro atoms. The average molecular weight is 412 g/mol. The lowest BCUT2D eigenvalue weighted by atomic mass is 10.2. The maximum Gasteiger partial charge on any atom is 0.235 e. The van der Waals surface area contributed by atoms with Crippen LogP contribution < -0.4 is 4.74 Å². The molecule has 0 atom stereocenters. The minimum Gasteiger partial charge on any atom is -0.497 e. The van der Waals surface area contributed by atoms with E-state index in [1.54, 1.807) is 30.2 Å². The van der Waals surface area contributed by atoms with Gasteiger partial charge in [0.2, 0.25) is 4.96 Å². The van der Waals surface area contributed by atoms with E-state index in [-0.39, 0.29) is 0 Å². The van der Waals surface area contributed by atoms with Gasteiger partial charge in [0.25, 0.3) is 0 Å². The quantitative estimate of drug-likeness (QED) is 0.388. The summed E-state index contributed by atoms with van der Waals surface area (Å²) in [5.41, 5.74) is 2.07. The van der Waals surface area contributed by atoms with Crippen molar-refractivity contribution in [2.24, 2.45) is 0 Å². The van der Waals surface area contributed by atoms with Gasteiger partial charge in [-0.25, -0.2) is 4.98 Å². The van der Waals surface area contributed by atoms with Crippen molar-refractivity contribution in [1.29, 1.82) is 0 Å².